The summed E-state index contributed by atoms with van der Waals surface area (Å²) in [6, 6.07) is 2.10. The van der Waals surface area contributed by atoms with E-state index in [-0.39, 0.29) is 11.8 Å². The Morgan fingerprint density at radius 1 is 1.53 bits per heavy atom. The van der Waals surface area contributed by atoms with Crippen molar-refractivity contribution in [3.05, 3.63) is 0 Å². The van der Waals surface area contributed by atoms with E-state index >= 15 is 0 Å². The SMILES string of the molecule is N#CCCCCNC(=O)[C@H]1CCCNC1. The van der Waals surface area contributed by atoms with Crippen LogP contribution in [-0.2, 0) is 4.79 Å². The summed E-state index contributed by atoms with van der Waals surface area (Å²) in [5, 5.41) is 14.5. The Morgan fingerprint density at radius 3 is 3.07 bits per heavy atom. The van der Waals surface area contributed by atoms with Crippen molar-refractivity contribution in [2.75, 3.05) is 19.6 Å². The van der Waals surface area contributed by atoms with Crippen LogP contribution in [0, 0.1) is 17.2 Å². The van der Waals surface area contributed by atoms with E-state index < -0.39 is 0 Å². The summed E-state index contributed by atoms with van der Waals surface area (Å²) in [5.41, 5.74) is 0. The van der Waals surface area contributed by atoms with Gasteiger partial charge in [0.25, 0.3) is 0 Å². The molecule has 0 aromatic rings. The number of carbonyl (C=O) groups is 1. The molecule has 0 unspecified atom stereocenters. The molecule has 84 valence electrons. The van der Waals surface area contributed by atoms with Crippen LogP contribution in [0.2, 0.25) is 0 Å². The quantitative estimate of drug-likeness (QED) is 0.658. The maximum Gasteiger partial charge on any atom is 0.224 e. The van der Waals surface area contributed by atoms with Crippen molar-refractivity contribution in [3.63, 3.8) is 0 Å². The molecule has 1 heterocycles. The van der Waals surface area contributed by atoms with Gasteiger partial charge < -0.3 is 10.6 Å². The maximum atomic E-state index is 11.6. The maximum absolute atomic E-state index is 11.6. The number of piperidine rings is 1. The number of nitrogens with zero attached hydrogens (tertiary/aromatic N) is 1. The lowest BCUT2D eigenvalue weighted by molar-refractivity contribution is -0.125. The van der Waals surface area contributed by atoms with Crippen LogP contribution in [0.5, 0.6) is 0 Å². The average Bonchev–Trinajstić information content (AvgIpc) is 2.30. The van der Waals surface area contributed by atoms with E-state index in [0.717, 1.165) is 38.8 Å². The summed E-state index contributed by atoms with van der Waals surface area (Å²) in [6.07, 6.45) is 4.45. The molecular weight excluding hydrogens is 190 g/mol. The zero-order valence-electron chi connectivity index (χ0n) is 9.09. The first-order valence-corrected chi connectivity index (χ1v) is 5.70. The lowest BCUT2D eigenvalue weighted by Crippen LogP contribution is -2.40. The predicted octanol–water partition coefficient (Wildman–Crippen LogP) is 0.796. The number of nitrogens with one attached hydrogen (secondary N) is 2. The van der Waals surface area contributed by atoms with Crippen LogP contribution in [0.15, 0.2) is 0 Å². The Balaban J connectivity index is 2.05. The van der Waals surface area contributed by atoms with Gasteiger partial charge >= 0.3 is 0 Å². The number of unbranched alkanes of at least 4 members (excludes halogenated alkanes) is 2. The molecule has 1 atom stereocenters. The largest absolute Gasteiger partial charge is 0.356 e. The van der Waals surface area contributed by atoms with Gasteiger partial charge in [-0.1, -0.05) is 0 Å². The highest BCUT2D eigenvalue weighted by atomic mass is 16.1. The van der Waals surface area contributed by atoms with Crippen LogP contribution < -0.4 is 10.6 Å². The minimum atomic E-state index is 0.148. The van der Waals surface area contributed by atoms with Crippen molar-refractivity contribution < 1.29 is 4.79 Å². The fourth-order valence-corrected chi connectivity index (χ4v) is 1.76. The lowest BCUT2D eigenvalue weighted by Gasteiger charge is -2.21. The summed E-state index contributed by atoms with van der Waals surface area (Å²) in [6.45, 7) is 2.55. The van der Waals surface area contributed by atoms with Gasteiger partial charge in [-0.05, 0) is 32.2 Å². The Labute approximate surface area is 91.0 Å². The molecule has 0 aromatic heterocycles. The topological polar surface area (TPSA) is 64.9 Å². The van der Waals surface area contributed by atoms with Crippen LogP contribution >= 0.6 is 0 Å². The molecule has 1 aliphatic heterocycles. The first-order chi connectivity index (χ1) is 7.34. The van der Waals surface area contributed by atoms with Gasteiger partial charge in [0.1, 0.15) is 0 Å². The number of amides is 1. The second-order valence-corrected chi connectivity index (χ2v) is 3.95. The summed E-state index contributed by atoms with van der Waals surface area (Å²) in [5.74, 6) is 0.314. The zero-order valence-corrected chi connectivity index (χ0v) is 9.09. The molecule has 0 aliphatic carbocycles. The highest BCUT2D eigenvalue weighted by Gasteiger charge is 2.19. The van der Waals surface area contributed by atoms with E-state index in [9.17, 15) is 4.79 Å². The van der Waals surface area contributed by atoms with Crippen molar-refractivity contribution in [1.29, 1.82) is 5.26 Å². The fourth-order valence-electron chi connectivity index (χ4n) is 1.76. The normalized spacial score (nSPS) is 20.6. The third-order valence-corrected chi connectivity index (χ3v) is 2.68. The third kappa shape index (κ3) is 4.80. The monoisotopic (exact) mass is 209 g/mol. The number of carbonyl (C=O) groups excluding carboxylic acids is 1. The molecule has 1 rings (SSSR count). The molecule has 1 fully saturated rings. The van der Waals surface area contributed by atoms with E-state index in [1.54, 1.807) is 0 Å². The molecular formula is C11H19N3O. The Bertz CT molecular complexity index is 228. The molecule has 0 radical (unpaired) electrons. The Kier molecular flexibility index (Phi) is 5.79. The first kappa shape index (κ1) is 12.0. The van der Waals surface area contributed by atoms with E-state index in [1.807, 2.05) is 0 Å². The molecule has 1 saturated heterocycles. The highest BCUT2D eigenvalue weighted by molar-refractivity contribution is 5.78. The van der Waals surface area contributed by atoms with E-state index in [4.69, 9.17) is 5.26 Å². The molecule has 1 aliphatic rings. The average molecular weight is 209 g/mol. The van der Waals surface area contributed by atoms with Crippen LogP contribution in [0.1, 0.15) is 32.1 Å². The molecule has 2 N–H and O–H groups in total. The Hall–Kier alpha value is -1.08. The molecule has 0 spiro atoms. The van der Waals surface area contributed by atoms with Crippen molar-refractivity contribution in [2.45, 2.75) is 32.1 Å². The van der Waals surface area contributed by atoms with Gasteiger partial charge in [0.15, 0.2) is 0 Å². The highest BCUT2D eigenvalue weighted by Crippen LogP contribution is 2.09. The van der Waals surface area contributed by atoms with Gasteiger partial charge in [-0.15, -0.1) is 0 Å². The number of hydrogen-bond acceptors (Lipinski definition) is 3. The smallest absolute Gasteiger partial charge is 0.224 e. The molecule has 0 saturated carbocycles. The second-order valence-electron chi connectivity index (χ2n) is 3.95. The predicted molar refractivity (Wildman–Crippen MR) is 58.1 cm³/mol. The van der Waals surface area contributed by atoms with Crippen LogP contribution in [0.3, 0.4) is 0 Å². The summed E-state index contributed by atoms with van der Waals surface area (Å²) >= 11 is 0. The summed E-state index contributed by atoms with van der Waals surface area (Å²) in [4.78, 5) is 11.6. The summed E-state index contributed by atoms with van der Waals surface area (Å²) < 4.78 is 0. The molecule has 15 heavy (non-hydrogen) atoms. The summed E-state index contributed by atoms with van der Waals surface area (Å²) in [7, 11) is 0. The van der Waals surface area contributed by atoms with Gasteiger partial charge in [0.2, 0.25) is 5.91 Å². The first-order valence-electron chi connectivity index (χ1n) is 5.70. The van der Waals surface area contributed by atoms with E-state index in [0.29, 0.717) is 13.0 Å². The zero-order chi connectivity index (χ0) is 10.9. The molecule has 1 amide bonds. The van der Waals surface area contributed by atoms with E-state index in [1.165, 1.54) is 0 Å². The van der Waals surface area contributed by atoms with Crippen molar-refractivity contribution in [1.82, 2.24) is 10.6 Å². The molecule has 0 aromatic carbocycles. The minimum Gasteiger partial charge on any atom is -0.356 e. The van der Waals surface area contributed by atoms with Gasteiger partial charge in [-0.25, -0.2) is 0 Å². The Morgan fingerprint density at radius 2 is 2.40 bits per heavy atom. The number of nitriles is 1. The number of hydrogen-bond donors (Lipinski definition) is 2. The van der Waals surface area contributed by atoms with Crippen molar-refractivity contribution >= 4 is 5.91 Å². The second kappa shape index (κ2) is 7.24. The van der Waals surface area contributed by atoms with E-state index in [2.05, 4.69) is 16.7 Å². The molecule has 0 bridgehead atoms. The molecule has 4 nitrogen and oxygen atoms in total. The third-order valence-electron chi connectivity index (χ3n) is 2.68. The lowest BCUT2D eigenvalue weighted by atomic mass is 9.99. The van der Waals surface area contributed by atoms with Gasteiger partial charge in [0, 0.05) is 19.5 Å². The van der Waals surface area contributed by atoms with Gasteiger partial charge in [-0.3, -0.25) is 4.79 Å². The fraction of sp³-hybridized carbons (Fsp3) is 0.818. The van der Waals surface area contributed by atoms with Crippen LogP contribution in [0.25, 0.3) is 0 Å². The van der Waals surface area contributed by atoms with Gasteiger partial charge in [0.05, 0.1) is 12.0 Å². The standard InChI is InChI=1S/C11H19N3O/c12-6-2-1-3-8-14-11(15)10-5-4-7-13-9-10/h10,13H,1-5,7-9H2,(H,14,15)/t10-/m0/s1. The molecule has 4 heteroatoms. The van der Waals surface area contributed by atoms with Crippen molar-refractivity contribution in [2.24, 2.45) is 5.92 Å². The van der Waals surface area contributed by atoms with Crippen molar-refractivity contribution in [3.8, 4) is 6.07 Å². The van der Waals surface area contributed by atoms with Gasteiger partial charge in [-0.2, -0.15) is 5.26 Å². The number of rotatable bonds is 5. The van der Waals surface area contributed by atoms with Crippen LogP contribution in [-0.4, -0.2) is 25.5 Å². The minimum absolute atomic E-state index is 0.148. The van der Waals surface area contributed by atoms with Crippen LogP contribution in [0.4, 0.5) is 0 Å².